The molecule has 21 heavy (non-hydrogen) atoms. The van der Waals surface area contributed by atoms with E-state index in [9.17, 15) is 14.4 Å². The van der Waals surface area contributed by atoms with Crippen LogP contribution in [-0.2, 0) is 14.4 Å². The van der Waals surface area contributed by atoms with Gasteiger partial charge < -0.3 is 32.5 Å². The van der Waals surface area contributed by atoms with Gasteiger partial charge in [0.1, 0.15) is 12.1 Å². The van der Waals surface area contributed by atoms with Crippen molar-refractivity contribution in [2.24, 2.45) is 17.2 Å². The summed E-state index contributed by atoms with van der Waals surface area (Å²) in [6, 6.07) is -1.50. The molecule has 2 atom stereocenters. The second-order valence-electron chi connectivity index (χ2n) is 3.45. The Morgan fingerprint density at radius 1 is 1.10 bits per heavy atom. The van der Waals surface area contributed by atoms with Crippen LogP contribution < -0.4 is 17.2 Å². The summed E-state index contributed by atoms with van der Waals surface area (Å²) < 4.78 is 0. The van der Waals surface area contributed by atoms with Gasteiger partial charge in [0.25, 0.3) is 0 Å². The van der Waals surface area contributed by atoms with Gasteiger partial charge in [-0.3, -0.25) is 14.4 Å². The number of carbonyl (C=O) groups is 3. The Bertz CT molecular complexity index is 307. The van der Waals surface area contributed by atoms with Gasteiger partial charge in [-0.05, 0) is 18.4 Å². The highest BCUT2D eigenvalue weighted by Gasteiger charge is 2.09. The first-order chi connectivity index (χ1) is 9.63. The van der Waals surface area contributed by atoms with Gasteiger partial charge in [0.05, 0.1) is 6.54 Å². The molecule has 0 aromatic carbocycles. The Kier molecular flexibility index (Phi) is 20.3. The van der Waals surface area contributed by atoms with E-state index >= 15 is 0 Å². The van der Waals surface area contributed by atoms with Crippen molar-refractivity contribution in [2.75, 3.05) is 24.3 Å². The lowest BCUT2D eigenvalue weighted by Crippen LogP contribution is -2.31. The van der Waals surface area contributed by atoms with E-state index in [1.54, 1.807) is 11.8 Å². The number of hydrogen-bond donors (Lipinski definition) is 7. The summed E-state index contributed by atoms with van der Waals surface area (Å²) in [5.74, 6) is -1.88. The monoisotopic (exact) mass is 345 g/mol. The predicted octanol–water partition coefficient (Wildman–Crippen LogP) is -1.49. The van der Waals surface area contributed by atoms with Crippen LogP contribution in [-0.4, -0.2) is 69.6 Å². The zero-order valence-electron chi connectivity index (χ0n) is 11.6. The van der Waals surface area contributed by atoms with Gasteiger partial charge >= 0.3 is 17.9 Å². The first kappa shape index (κ1) is 25.0. The van der Waals surface area contributed by atoms with E-state index in [1.165, 1.54) is 0 Å². The van der Waals surface area contributed by atoms with Crippen LogP contribution in [0.1, 0.15) is 6.42 Å². The van der Waals surface area contributed by atoms with Crippen LogP contribution in [0.15, 0.2) is 0 Å². The van der Waals surface area contributed by atoms with Gasteiger partial charge in [0.15, 0.2) is 0 Å². The van der Waals surface area contributed by atoms with Crippen LogP contribution in [0.4, 0.5) is 0 Å². The van der Waals surface area contributed by atoms with Crippen LogP contribution in [0.3, 0.4) is 0 Å². The van der Waals surface area contributed by atoms with Gasteiger partial charge in [-0.1, -0.05) is 0 Å². The maximum atomic E-state index is 10.1. The molecule has 0 rings (SSSR count). The topological polar surface area (TPSA) is 190 Å². The lowest BCUT2D eigenvalue weighted by Gasteiger charge is -2.02. The quantitative estimate of drug-likeness (QED) is 0.267. The Morgan fingerprint density at radius 3 is 1.62 bits per heavy atom. The molecule has 0 aliphatic rings. The Morgan fingerprint density at radius 2 is 1.48 bits per heavy atom. The molecule has 0 aliphatic heterocycles. The van der Waals surface area contributed by atoms with Gasteiger partial charge in [-0.2, -0.15) is 24.4 Å². The molecule has 126 valence electrons. The van der Waals surface area contributed by atoms with Crippen molar-refractivity contribution in [1.29, 1.82) is 0 Å². The summed E-state index contributed by atoms with van der Waals surface area (Å²) in [6.07, 6.45) is 2.48. The fourth-order valence-corrected chi connectivity index (χ4v) is 1.09. The summed E-state index contributed by atoms with van der Waals surface area (Å²) >= 11 is 5.25. The second kappa shape index (κ2) is 17.0. The van der Waals surface area contributed by atoms with Crippen molar-refractivity contribution in [1.82, 2.24) is 0 Å². The van der Waals surface area contributed by atoms with E-state index in [0.717, 1.165) is 5.75 Å². The first-order valence-electron chi connectivity index (χ1n) is 5.62. The highest BCUT2D eigenvalue weighted by Crippen LogP contribution is 1.97. The molecule has 0 fully saturated rings. The average Bonchev–Trinajstić information content (AvgIpc) is 2.44. The molecule has 0 bridgehead atoms. The van der Waals surface area contributed by atoms with Crippen LogP contribution in [0.25, 0.3) is 0 Å². The largest absolute Gasteiger partial charge is 0.480 e. The molecular formula is C10H23N3O6S2. The van der Waals surface area contributed by atoms with E-state index in [0.29, 0.717) is 6.42 Å². The number of carboxylic acids is 3. The summed E-state index contributed by atoms with van der Waals surface area (Å²) in [5, 5.41) is 23.9. The minimum Gasteiger partial charge on any atom is -0.480 e. The molecule has 0 spiro atoms. The number of hydrogen-bond acceptors (Lipinski definition) is 8. The molecule has 9 N–H and O–H groups in total. The zero-order chi connectivity index (χ0) is 17.4. The Labute approximate surface area is 132 Å². The van der Waals surface area contributed by atoms with E-state index < -0.39 is 30.0 Å². The van der Waals surface area contributed by atoms with E-state index in [-0.39, 0.29) is 12.3 Å². The average molecular weight is 345 g/mol. The molecular weight excluding hydrogens is 322 g/mol. The second-order valence-corrected chi connectivity index (χ2v) is 4.80. The normalized spacial score (nSPS) is 11.9. The first-order valence-corrected chi connectivity index (χ1v) is 7.64. The van der Waals surface area contributed by atoms with Crippen molar-refractivity contribution in [3.63, 3.8) is 0 Å². The lowest BCUT2D eigenvalue weighted by atomic mass is 10.2. The number of nitrogens with two attached hydrogens (primary N) is 3. The van der Waals surface area contributed by atoms with Crippen LogP contribution >= 0.6 is 24.4 Å². The highest BCUT2D eigenvalue weighted by molar-refractivity contribution is 7.98. The van der Waals surface area contributed by atoms with Crippen molar-refractivity contribution < 1.29 is 29.7 Å². The van der Waals surface area contributed by atoms with Crippen LogP contribution in [0.2, 0.25) is 0 Å². The summed E-state index contributed by atoms with van der Waals surface area (Å²) in [7, 11) is 0. The molecule has 0 amide bonds. The van der Waals surface area contributed by atoms with Gasteiger partial charge in [0, 0.05) is 5.75 Å². The highest BCUT2D eigenvalue weighted by atomic mass is 32.2. The maximum absolute atomic E-state index is 10.1. The third-order valence-corrected chi connectivity index (χ3v) is 2.68. The van der Waals surface area contributed by atoms with Crippen molar-refractivity contribution in [3.05, 3.63) is 0 Å². The molecule has 2 unspecified atom stereocenters. The number of thioether (sulfide) groups is 1. The third kappa shape index (κ3) is 24.4. The van der Waals surface area contributed by atoms with Crippen molar-refractivity contribution in [3.8, 4) is 0 Å². The predicted molar refractivity (Wildman–Crippen MR) is 84.8 cm³/mol. The molecule has 0 saturated heterocycles. The lowest BCUT2D eigenvalue weighted by molar-refractivity contribution is -0.139. The number of aliphatic carboxylic acids is 3. The minimum absolute atomic E-state index is 0.190. The number of carboxylic acid groups (broad SMARTS) is 3. The minimum atomic E-state index is -1.00. The van der Waals surface area contributed by atoms with Gasteiger partial charge in [-0.25, -0.2) is 0 Å². The van der Waals surface area contributed by atoms with Gasteiger partial charge in [-0.15, -0.1) is 0 Å². The Balaban J connectivity index is -0.000000242. The standard InChI is InChI=1S/C5H11NO2S.C3H7NO2S.C2H5NO2/c1-9-3-2-4(6)5(7)8;4-2(1-7)3(5)6;3-1-2(4)5/h4H,2-3,6H2,1H3,(H,7,8);2,7H,1,4H2,(H,5,6);1,3H2,(H,4,5). The summed E-state index contributed by atoms with van der Waals surface area (Å²) in [4.78, 5) is 29.1. The molecule has 0 aromatic heterocycles. The van der Waals surface area contributed by atoms with E-state index in [1.807, 2.05) is 6.26 Å². The molecule has 0 aliphatic carbocycles. The molecule has 0 saturated carbocycles. The fraction of sp³-hybridized carbons (Fsp3) is 0.700. The van der Waals surface area contributed by atoms with Crippen LogP contribution in [0, 0.1) is 0 Å². The van der Waals surface area contributed by atoms with Crippen molar-refractivity contribution in [2.45, 2.75) is 18.5 Å². The number of rotatable bonds is 7. The smallest absolute Gasteiger partial charge is 0.321 e. The fourth-order valence-electron chi connectivity index (χ4n) is 0.446. The molecule has 9 nitrogen and oxygen atoms in total. The molecule has 11 heteroatoms. The molecule has 0 aromatic rings. The summed E-state index contributed by atoms with van der Waals surface area (Å²) in [5.41, 5.74) is 14.7. The maximum Gasteiger partial charge on any atom is 0.321 e. The molecule has 0 radical (unpaired) electrons. The SMILES string of the molecule is CSCCC(N)C(=O)O.NC(CS)C(=O)O.NCC(=O)O. The van der Waals surface area contributed by atoms with E-state index in [4.69, 9.17) is 26.8 Å². The zero-order valence-corrected chi connectivity index (χ0v) is 13.3. The Hall–Kier alpha value is -1.01. The van der Waals surface area contributed by atoms with E-state index in [2.05, 4.69) is 18.4 Å². The summed E-state index contributed by atoms with van der Waals surface area (Å²) in [6.45, 7) is -0.278. The van der Waals surface area contributed by atoms with Crippen LogP contribution in [0.5, 0.6) is 0 Å². The molecule has 0 heterocycles. The van der Waals surface area contributed by atoms with Crippen molar-refractivity contribution >= 4 is 42.3 Å². The number of thiol groups is 1. The van der Waals surface area contributed by atoms with Gasteiger partial charge in [0.2, 0.25) is 0 Å². The third-order valence-electron chi connectivity index (χ3n) is 1.64.